The van der Waals surface area contributed by atoms with E-state index in [4.69, 9.17) is 4.74 Å². The summed E-state index contributed by atoms with van der Waals surface area (Å²) >= 11 is 0. The lowest BCUT2D eigenvalue weighted by Crippen LogP contribution is -2.52. The molecule has 3 aliphatic heterocycles. The van der Waals surface area contributed by atoms with Gasteiger partial charge in [-0.25, -0.2) is 0 Å². The van der Waals surface area contributed by atoms with Crippen molar-refractivity contribution in [2.45, 2.75) is 44.6 Å². The van der Waals surface area contributed by atoms with Crippen molar-refractivity contribution in [3.8, 4) is 0 Å². The zero-order chi connectivity index (χ0) is 19.1. The van der Waals surface area contributed by atoms with Crippen LogP contribution in [0.25, 0.3) is 0 Å². The first-order valence-electron chi connectivity index (χ1n) is 10.7. The van der Waals surface area contributed by atoms with Crippen molar-refractivity contribution >= 4 is 11.9 Å². The van der Waals surface area contributed by atoms with E-state index < -0.39 is 0 Å². The van der Waals surface area contributed by atoms with Gasteiger partial charge in [0.05, 0.1) is 6.42 Å². The maximum absolute atomic E-state index is 12.0. The Morgan fingerprint density at radius 3 is 2.22 bits per heavy atom. The summed E-state index contributed by atoms with van der Waals surface area (Å²) in [6.07, 6.45) is 6.06. The number of amides is 1. The fourth-order valence-electron chi connectivity index (χ4n) is 4.39. The van der Waals surface area contributed by atoms with Crippen molar-refractivity contribution in [2.24, 2.45) is 0 Å². The standard InChI is InChI=1S/C20H36N4O3/c1-21-13-15-23(16-14-21)18-5-10-22(11-6-18)12-7-20(26)27-17-19(25)24-8-3-2-4-9-24/h18H,2-17H2,1H3. The van der Waals surface area contributed by atoms with E-state index in [0.717, 1.165) is 45.6 Å². The topological polar surface area (TPSA) is 56.3 Å². The minimum atomic E-state index is -0.249. The molecule has 1 amide bonds. The predicted molar refractivity (Wildman–Crippen MR) is 105 cm³/mol. The van der Waals surface area contributed by atoms with Gasteiger partial charge in [-0.15, -0.1) is 0 Å². The van der Waals surface area contributed by atoms with Crippen LogP contribution in [0.15, 0.2) is 0 Å². The Labute approximate surface area is 163 Å². The Balaban J connectivity index is 1.27. The summed E-state index contributed by atoms with van der Waals surface area (Å²) in [5.74, 6) is -0.294. The predicted octanol–water partition coefficient (Wildman–Crippen LogP) is 0.644. The highest BCUT2D eigenvalue weighted by atomic mass is 16.5. The number of rotatable bonds is 6. The van der Waals surface area contributed by atoms with Crippen molar-refractivity contribution in [3.63, 3.8) is 0 Å². The van der Waals surface area contributed by atoms with Crippen LogP contribution in [0.4, 0.5) is 0 Å². The van der Waals surface area contributed by atoms with Crippen LogP contribution in [0.5, 0.6) is 0 Å². The molecule has 0 aromatic heterocycles. The Hall–Kier alpha value is -1.18. The molecule has 0 aromatic rings. The van der Waals surface area contributed by atoms with Crippen LogP contribution < -0.4 is 0 Å². The Kier molecular flexibility index (Phi) is 7.91. The largest absolute Gasteiger partial charge is 0.456 e. The van der Waals surface area contributed by atoms with Crippen LogP contribution in [-0.4, -0.2) is 110 Å². The molecular formula is C20H36N4O3. The third-order valence-electron chi connectivity index (χ3n) is 6.31. The third-order valence-corrected chi connectivity index (χ3v) is 6.31. The van der Waals surface area contributed by atoms with Crippen molar-refractivity contribution in [2.75, 3.05) is 72.6 Å². The molecule has 0 bridgehead atoms. The molecule has 0 N–H and O–H groups in total. The SMILES string of the molecule is CN1CCN(C2CCN(CCC(=O)OCC(=O)N3CCCCC3)CC2)CC1. The first-order valence-corrected chi connectivity index (χ1v) is 10.7. The molecule has 3 aliphatic rings. The quantitative estimate of drug-likeness (QED) is 0.631. The van der Waals surface area contributed by atoms with Crippen LogP contribution in [0.3, 0.4) is 0 Å². The van der Waals surface area contributed by atoms with Crippen LogP contribution in [0.2, 0.25) is 0 Å². The maximum atomic E-state index is 12.0. The lowest BCUT2D eigenvalue weighted by atomic mass is 10.0. The number of ether oxygens (including phenoxy) is 1. The van der Waals surface area contributed by atoms with Crippen molar-refractivity contribution < 1.29 is 14.3 Å². The first-order chi connectivity index (χ1) is 13.1. The van der Waals surface area contributed by atoms with Crippen LogP contribution >= 0.6 is 0 Å². The summed E-state index contributed by atoms with van der Waals surface area (Å²) in [5, 5.41) is 0. The molecule has 7 nitrogen and oxygen atoms in total. The highest BCUT2D eigenvalue weighted by molar-refractivity contribution is 5.80. The fraction of sp³-hybridized carbons (Fsp3) is 0.900. The van der Waals surface area contributed by atoms with Gasteiger partial charge in [-0.05, 0) is 52.2 Å². The number of nitrogens with zero attached hydrogens (tertiary/aromatic N) is 4. The summed E-state index contributed by atoms with van der Waals surface area (Å²) in [4.78, 5) is 33.2. The van der Waals surface area contributed by atoms with Gasteiger partial charge < -0.3 is 19.4 Å². The van der Waals surface area contributed by atoms with E-state index in [2.05, 4.69) is 21.7 Å². The molecule has 7 heteroatoms. The van der Waals surface area contributed by atoms with Gasteiger partial charge in [-0.1, -0.05) is 0 Å². The lowest BCUT2D eigenvalue weighted by Gasteiger charge is -2.42. The molecule has 0 radical (unpaired) electrons. The summed E-state index contributed by atoms with van der Waals surface area (Å²) in [6.45, 7) is 9.06. The summed E-state index contributed by atoms with van der Waals surface area (Å²) in [5.41, 5.74) is 0. The van der Waals surface area contributed by atoms with Gasteiger partial charge in [0.15, 0.2) is 6.61 Å². The van der Waals surface area contributed by atoms with E-state index in [0.29, 0.717) is 12.5 Å². The summed E-state index contributed by atoms with van der Waals surface area (Å²) < 4.78 is 5.20. The summed E-state index contributed by atoms with van der Waals surface area (Å²) in [6, 6.07) is 0.698. The minimum Gasteiger partial charge on any atom is -0.456 e. The van der Waals surface area contributed by atoms with Gasteiger partial charge in [0.2, 0.25) is 0 Å². The maximum Gasteiger partial charge on any atom is 0.307 e. The average molecular weight is 381 g/mol. The van der Waals surface area contributed by atoms with E-state index in [1.807, 2.05) is 4.90 Å². The minimum absolute atomic E-state index is 0.0453. The monoisotopic (exact) mass is 380 g/mol. The number of likely N-dealkylation sites (N-methyl/N-ethyl adjacent to an activating group) is 1. The molecule has 154 valence electrons. The highest BCUT2D eigenvalue weighted by Crippen LogP contribution is 2.18. The molecule has 0 aromatic carbocycles. The Morgan fingerprint density at radius 2 is 1.56 bits per heavy atom. The van der Waals surface area contributed by atoms with Gasteiger partial charge in [0.25, 0.3) is 5.91 Å². The van der Waals surface area contributed by atoms with Crippen LogP contribution in [0, 0.1) is 0 Å². The molecule has 0 atom stereocenters. The van der Waals surface area contributed by atoms with Crippen molar-refractivity contribution in [1.29, 1.82) is 0 Å². The second-order valence-corrected chi connectivity index (χ2v) is 8.26. The van der Waals surface area contributed by atoms with Gasteiger partial charge >= 0.3 is 5.97 Å². The molecule has 3 rings (SSSR count). The molecule has 3 saturated heterocycles. The van der Waals surface area contributed by atoms with E-state index in [1.54, 1.807) is 0 Å². The summed E-state index contributed by atoms with van der Waals surface area (Å²) in [7, 11) is 2.19. The van der Waals surface area contributed by atoms with Crippen molar-refractivity contribution in [3.05, 3.63) is 0 Å². The number of piperidine rings is 2. The number of hydrogen-bond acceptors (Lipinski definition) is 6. The molecule has 0 spiro atoms. The van der Waals surface area contributed by atoms with Gasteiger partial charge in [0.1, 0.15) is 0 Å². The van der Waals surface area contributed by atoms with E-state index >= 15 is 0 Å². The van der Waals surface area contributed by atoms with E-state index in [1.165, 1.54) is 45.4 Å². The number of hydrogen-bond donors (Lipinski definition) is 0. The van der Waals surface area contributed by atoms with Crippen LogP contribution in [-0.2, 0) is 14.3 Å². The van der Waals surface area contributed by atoms with E-state index in [-0.39, 0.29) is 18.5 Å². The smallest absolute Gasteiger partial charge is 0.307 e. The molecule has 0 unspecified atom stereocenters. The second kappa shape index (κ2) is 10.4. The zero-order valence-corrected chi connectivity index (χ0v) is 16.9. The first kappa shape index (κ1) is 20.6. The molecule has 3 fully saturated rings. The molecule has 27 heavy (non-hydrogen) atoms. The Bertz CT molecular complexity index is 480. The van der Waals surface area contributed by atoms with Crippen molar-refractivity contribution in [1.82, 2.24) is 19.6 Å². The average Bonchev–Trinajstić information content (AvgIpc) is 2.72. The fourth-order valence-corrected chi connectivity index (χ4v) is 4.39. The number of carbonyl (C=O) groups is 2. The van der Waals surface area contributed by atoms with Gasteiger partial charge in [-0.3, -0.25) is 14.5 Å². The molecule has 3 heterocycles. The normalized spacial score (nSPS) is 24.1. The highest BCUT2D eigenvalue weighted by Gasteiger charge is 2.27. The number of esters is 1. The molecule has 0 saturated carbocycles. The van der Waals surface area contributed by atoms with Gasteiger partial charge in [-0.2, -0.15) is 0 Å². The Morgan fingerprint density at radius 1 is 0.889 bits per heavy atom. The lowest BCUT2D eigenvalue weighted by molar-refractivity contribution is -0.152. The number of likely N-dealkylation sites (tertiary alicyclic amines) is 2. The zero-order valence-electron chi connectivity index (χ0n) is 16.9. The second-order valence-electron chi connectivity index (χ2n) is 8.26. The van der Waals surface area contributed by atoms with Gasteiger partial charge in [0, 0.05) is 51.9 Å². The van der Waals surface area contributed by atoms with E-state index in [9.17, 15) is 9.59 Å². The number of carbonyl (C=O) groups excluding carboxylic acids is 2. The number of piperazine rings is 1. The third kappa shape index (κ3) is 6.43. The molecular weight excluding hydrogens is 344 g/mol. The molecule has 0 aliphatic carbocycles. The van der Waals surface area contributed by atoms with Crippen LogP contribution in [0.1, 0.15) is 38.5 Å².